The lowest BCUT2D eigenvalue weighted by Crippen LogP contribution is -2.12. The van der Waals surface area contributed by atoms with Crippen molar-refractivity contribution in [1.29, 1.82) is 0 Å². The number of hydrogen-bond acceptors (Lipinski definition) is 6. The van der Waals surface area contributed by atoms with Crippen molar-refractivity contribution in [3.8, 4) is 5.88 Å². The number of rotatable bonds is 6. The van der Waals surface area contributed by atoms with Gasteiger partial charge >= 0.3 is 5.88 Å². The molecule has 0 saturated carbocycles. The summed E-state index contributed by atoms with van der Waals surface area (Å²) in [6, 6.07) is 6.58. The molecular formula is C12H13N3O4. The van der Waals surface area contributed by atoms with Gasteiger partial charge in [-0.25, -0.2) is 4.98 Å². The van der Waals surface area contributed by atoms with Crippen LogP contribution in [0.15, 0.2) is 34.9 Å². The summed E-state index contributed by atoms with van der Waals surface area (Å²) in [7, 11) is 1.56. The molecule has 0 aliphatic carbocycles. The molecule has 1 N–H and O–H groups in total. The van der Waals surface area contributed by atoms with Gasteiger partial charge in [-0.3, -0.25) is 10.1 Å². The van der Waals surface area contributed by atoms with E-state index in [-0.39, 0.29) is 5.88 Å². The molecule has 0 amide bonds. The fourth-order valence-corrected chi connectivity index (χ4v) is 1.53. The highest BCUT2D eigenvalue weighted by Gasteiger charge is 2.11. The highest BCUT2D eigenvalue weighted by atomic mass is 16.6. The van der Waals surface area contributed by atoms with E-state index < -0.39 is 4.92 Å². The van der Waals surface area contributed by atoms with Gasteiger partial charge in [-0.05, 0) is 11.6 Å². The third-order valence-corrected chi connectivity index (χ3v) is 2.46. The van der Waals surface area contributed by atoms with Gasteiger partial charge in [0.05, 0.1) is 19.7 Å². The van der Waals surface area contributed by atoms with Crippen LogP contribution in [0.1, 0.15) is 11.3 Å². The molecule has 2 heterocycles. The number of hydrogen-bond donors (Lipinski definition) is 1. The van der Waals surface area contributed by atoms with Crippen LogP contribution >= 0.6 is 0 Å². The molecule has 0 radical (unpaired) electrons. The van der Waals surface area contributed by atoms with Crippen molar-refractivity contribution in [2.24, 2.45) is 0 Å². The molecule has 0 fully saturated rings. The van der Waals surface area contributed by atoms with Crippen molar-refractivity contribution in [2.45, 2.75) is 13.1 Å². The van der Waals surface area contributed by atoms with E-state index >= 15 is 0 Å². The van der Waals surface area contributed by atoms with E-state index in [1.54, 1.807) is 25.4 Å². The predicted octanol–water partition coefficient (Wildman–Crippen LogP) is 1.88. The molecule has 0 unspecified atom stereocenters. The van der Waals surface area contributed by atoms with Crippen LogP contribution in [0.3, 0.4) is 0 Å². The Kier molecular flexibility index (Phi) is 4.09. The van der Waals surface area contributed by atoms with Gasteiger partial charge in [-0.1, -0.05) is 6.07 Å². The SMILES string of the molecule is COc1ccc(CNCc2ccc([N+](=O)[O-])o2)cn1. The van der Waals surface area contributed by atoms with Crippen molar-refractivity contribution >= 4 is 5.88 Å². The van der Waals surface area contributed by atoms with E-state index in [2.05, 4.69) is 10.3 Å². The molecule has 2 aromatic rings. The number of nitrogens with one attached hydrogen (secondary N) is 1. The molecule has 100 valence electrons. The summed E-state index contributed by atoms with van der Waals surface area (Å²) in [4.78, 5) is 14.0. The van der Waals surface area contributed by atoms with Crippen LogP contribution in [0, 0.1) is 10.1 Å². The molecule has 7 nitrogen and oxygen atoms in total. The van der Waals surface area contributed by atoms with Gasteiger partial charge in [0.15, 0.2) is 0 Å². The van der Waals surface area contributed by atoms with Gasteiger partial charge in [-0.15, -0.1) is 0 Å². The number of pyridine rings is 1. The minimum Gasteiger partial charge on any atom is -0.481 e. The fraction of sp³-hybridized carbons (Fsp3) is 0.250. The maximum absolute atomic E-state index is 10.4. The lowest BCUT2D eigenvalue weighted by molar-refractivity contribution is -0.402. The standard InChI is InChI=1S/C12H13N3O4/c1-18-11-4-2-9(7-14-11)6-13-8-10-3-5-12(19-10)15(16)17/h2-5,7,13H,6,8H2,1H3. The second-order valence-electron chi connectivity index (χ2n) is 3.81. The molecule has 19 heavy (non-hydrogen) atoms. The van der Waals surface area contributed by atoms with Crippen molar-refractivity contribution in [3.63, 3.8) is 0 Å². The maximum atomic E-state index is 10.4. The van der Waals surface area contributed by atoms with Crippen LogP contribution in [-0.2, 0) is 13.1 Å². The van der Waals surface area contributed by atoms with Crippen LogP contribution in [0.5, 0.6) is 5.88 Å². The van der Waals surface area contributed by atoms with E-state index in [9.17, 15) is 10.1 Å². The number of nitrogens with zero attached hydrogens (tertiary/aromatic N) is 2. The number of nitro groups is 1. The molecule has 0 aliphatic rings. The highest BCUT2D eigenvalue weighted by Crippen LogP contribution is 2.15. The first-order valence-electron chi connectivity index (χ1n) is 5.62. The van der Waals surface area contributed by atoms with Crippen LogP contribution in [0.25, 0.3) is 0 Å². The molecule has 2 aromatic heterocycles. The Morgan fingerprint density at radius 2 is 2.21 bits per heavy atom. The summed E-state index contributed by atoms with van der Waals surface area (Å²) in [5.74, 6) is 0.835. The third kappa shape index (κ3) is 3.52. The van der Waals surface area contributed by atoms with E-state index in [0.29, 0.717) is 24.7 Å². The fourth-order valence-electron chi connectivity index (χ4n) is 1.53. The van der Waals surface area contributed by atoms with Crippen molar-refractivity contribution in [3.05, 3.63) is 51.9 Å². The smallest absolute Gasteiger partial charge is 0.433 e. The summed E-state index contributed by atoms with van der Waals surface area (Å²) in [5, 5.41) is 13.6. The second-order valence-corrected chi connectivity index (χ2v) is 3.81. The quantitative estimate of drug-likeness (QED) is 0.632. The molecule has 0 aromatic carbocycles. The van der Waals surface area contributed by atoms with Crippen molar-refractivity contribution in [2.75, 3.05) is 7.11 Å². The predicted molar refractivity (Wildman–Crippen MR) is 66.7 cm³/mol. The minimum absolute atomic E-state index is 0.247. The van der Waals surface area contributed by atoms with E-state index in [4.69, 9.17) is 9.15 Å². The molecule has 0 spiro atoms. The normalized spacial score (nSPS) is 10.4. The van der Waals surface area contributed by atoms with E-state index in [0.717, 1.165) is 5.56 Å². The van der Waals surface area contributed by atoms with Gasteiger partial charge in [-0.2, -0.15) is 0 Å². The second kappa shape index (κ2) is 5.96. The Bertz CT molecular complexity index is 550. The highest BCUT2D eigenvalue weighted by molar-refractivity contribution is 5.19. The first kappa shape index (κ1) is 13.0. The third-order valence-electron chi connectivity index (χ3n) is 2.46. The molecule has 0 bridgehead atoms. The van der Waals surface area contributed by atoms with Gasteiger partial charge in [0.2, 0.25) is 5.88 Å². The van der Waals surface area contributed by atoms with Crippen LogP contribution < -0.4 is 10.1 Å². The lowest BCUT2D eigenvalue weighted by atomic mass is 10.3. The number of aromatic nitrogens is 1. The van der Waals surface area contributed by atoms with Crippen LogP contribution in [0.4, 0.5) is 5.88 Å². The van der Waals surface area contributed by atoms with Crippen molar-refractivity contribution < 1.29 is 14.1 Å². The van der Waals surface area contributed by atoms with Gasteiger partial charge in [0.1, 0.15) is 10.7 Å². The molecule has 0 saturated heterocycles. The summed E-state index contributed by atoms with van der Waals surface area (Å²) in [5.41, 5.74) is 0.988. The zero-order valence-corrected chi connectivity index (χ0v) is 10.3. The first-order valence-corrected chi connectivity index (χ1v) is 5.62. The monoisotopic (exact) mass is 263 g/mol. The van der Waals surface area contributed by atoms with Crippen LogP contribution in [0.2, 0.25) is 0 Å². The van der Waals surface area contributed by atoms with Crippen LogP contribution in [-0.4, -0.2) is 17.0 Å². The Hall–Kier alpha value is -2.41. The van der Waals surface area contributed by atoms with Gasteiger partial charge in [0, 0.05) is 18.8 Å². The number of ether oxygens (including phenoxy) is 1. The maximum Gasteiger partial charge on any atom is 0.433 e. The van der Waals surface area contributed by atoms with Crippen molar-refractivity contribution in [1.82, 2.24) is 10.3 Å². The zero-order valence-electron chi connectivity index (χ0n) is 10.3. The summed E-state index contributed by atoms with van der Waals surface area (Å²) in [6.45, 7) is 1.01. The Morgan fingerprint density at radius 3 is 2.79 bits per heavy atom. The summed E-state index contributed by atoms with van der Waals surface area (Å²) < 4.78 is 9.98. The summed E-state index contributed by atoms with van der Waals surface area (Å²) in [6.07, 6.45) is 1.70. The van der Waals surface area contributed by atoms with E-state index in [1.807, 2.05) is 6.07 Å². The van der Waals surface area contributed by atoms with Gasteiger partial charge in [0.25, 0.3) is 0 Å². The number of furan rings is 1. The molecular weight excluding hydrogens is 250 g/mol. The van der Waals surface area contributed by atoms with Gasteiger partial charge < -0.3 is 14.5 Å². The molecule has 0 atom stereocenters. The molecule has 0 aliphatic heterocycles. The lowest BCUT2D eigenvalue weighted by Gasteiger charge is -2.03. The minimum atomic E-state index is -0.559. The Labute approximate surface area is 109 Å². The van der Waals surface area contributed by atoms with E-state index in [1.165, 1.54) is 6.07 Å². The molecule has 7 heteroatoms. The number of methoxy groups -OCH3 is 1. The average Bonchev–Trinajstić information content (AvgIpc) is 2.89. The first-order chi connectivity index (χ1) is 9.19. The largest absolute Gasteiger partial charge is 0.481 e. The summed E-state index contributed by atoms with van der Waals surface area (Å²) >= 11 is 0. The Morgan fingerprint density at radius 1 is 1.37 bits per heavy atom. The Balaban J connectivity index is 1.83. The topological polar surface area (TPSA) is 90.4 Å². The zero-order chi connectivity index (χ0) is 13.7. The molecule has 2 rings (SSSR count). The average molecular weight is 263 g/mol.